The smallest absolute Gasteiger partial charge is 0.406 e. The van der Waals surface area contributed by atoms with Gasteiger partial charge in [-0.05, 0) is 49.7 Å². The molecule has 0 amide bonds. The first kappa shape index (κ1) is 24.3. The molecule has 0 aliphatic rings. The first-order valence-corrected chi connectivity index (χ1v) is 11.0. The Balaban J connectivity index is 1.67. The zero-order valence-electron chi connectivity index (χ0n) is 19.6. The van der Waals surface area contributed by atoms with Crippen molar-refractivity contribution in [1.82, 2.24) is 20.0 Å². The summed E-state index contributed by atoms with van der Waals surface area (Å²) in [6, 6.07) is 10.4. The van der Waals surface area contributed by atoms with E-state index in [4.69, 9.17) is 4.42 Å². The average Bonchev–Trinajstić information content (AvgIpc) is 3.10. The van der Waals surface area contributed by atoms with Crippen molar-refractivity contribution in [2.45, 2.75) is 46.0 Å². The average molecular weight is 486 g/mol. The highest BCUT2D eigenvalue weighted by Crippen LogP contribution is 2.34. The van der Waals surface area contributed by atoms with Crippen LogP contribution in [0.15, 0.2) is 57.9 Å². The highest BCUT2D eigenvalue weighted by Gasteiger charge is 2.31. The standard InChI is InChI=1S/C24H25F3N6O2/c1-13(2)29-15(4)16-9-17(24(25,26)27)11-18(10-16)30-22-28-12-14(3)21(31-22)32-33-19-7-5-6-8-20(19)35-23(33)34/h5-13,15,29H,1-4H3,(H2,28,30,31,32). The number of halogens is 3. The van der Waals surface area contributed by atoms with Gasteiger partial charge in [-0.1, -0.05) is 26.0 Å². The molecule has 1 atom stereocenters. The maximum Gasteiger partial charge on any atom is 0.439 e. The fourth-order valence-corrected chi connectivity index (χ4v) is 3.66. The molecule has 3 N–H and O–H groups in total. The summed E-state index contributed by atoms with van der Waals surface area (Å²) in [7, 11) is 0. The molecule has 0 bridgehead atoms. The number of benzene rings is 2. The van der Waals surface area contributed by atoms with E-state index in [0.717, 1.165) is 12.1 Å². The van der Waals surface area contributed by atoms with Gasteiger partial charge in [0.05, 0.1) is 5.56 Å². The molecule has 184 valence electrons. The summed E-state index contributed by atoms with van der Waals surface area (Å²) in [5.74, 6) is -0.278. The minimum Gasteiger partial charge on any atom is -0.406 e. The van der Waals surface area contributed by atoms with E-state index in [1.807, 2.05) is 13.8 Å². The summed E-state index contributed by atoms with van der Waals surface area (Å²) in [4.78, 5) is 20.9. The fourth-order valence-electron chi connectivity index (χ4n) is 3.66. The minimum atomic E-state index is -4.52. The van der Waals surface area contributed by atoms with E-state index in [0.29, 0.717) is 22.2 Å². The number of aromatic nitrogens is 3. The van der Waals surface area contributed by atoms with Gasteiger partial charge in [-0.15, -0.1) is 0 Å². The highest BCUT2D eigenvalue weighted by molar-refractivity contribution is 5.73. The lowest BCUT2D eigenvalue weighted by Gasteiger charge is -2.20. The van der Waals surface area contributed by atoms with Crippen LogP contribution in [0.2, 0.25) is 0 Å². The van der Waals surface area contributed by atoms with Crippen molar-refractivity contribution < 1.29 is 17.6 Å². The van der Waals surface area contributed by atoms with Crippen LogP contribution in [-0.2, 0) is 6.18 Å². The van der Waals surface area contributed by atoms with Crippen molar-refractivity contribution in [2.24, 2.45) is 0 Å². The van der Waals surface area contributed by atoms with Crippen molar-refractivity contribution >= 4 is 28.6 Å². The third-order valence-corrected chi connectivity index (χ3v) is 5.30. The lowest BCUT2D eigenvalue weighted by atomic mass is 10.0. The molecule has 0 aliphatic heterocycles. The predicted molar refractivity (Wildman–Crippen MR) is 128 cm³/mol. The fraction of sp³-hybridized carbons (Fsp3) is 0.292. The van der Waals surface area contributed by atoms with Crippen molar-refractivity contribution in [3.05, 3.63) is 75.9 Å². The number of anilines is 3. The van der Waals surface area contributed by atoms with E-state index in [2.05, 4.69) is 26.0 Å². The monoisotopic (exact) mass is 486 g/mol. The number of alkyl halides is 3. The third-order valence-electron chi connectivity index (χ3n) is 5.30. The van der Waals surface area contributed by atoms with Gasteiger partial charge in [0.1, 0.15) is 5.52 Å². The molecule has 35 heavy (non-hydrogen) atoms. The van der Waals surface area contributed by atoms with Crippen LogP contribution in [0.3, 0.4) is 0 Å². The Kier molecular flexibility index (Phi) is 6.53. The Morgan fingerprint density at radius 2 is 1.83 bits per heavy atom. The number of aryl methyl sites for hydroxylation is 1. The SMILES string of the molecule is Cc1cnc(Nc2cc(C(C)NC(C)C)cc(C(F)(F)F)c2)nc1Nn1c(=O)oc2ccccc21. The van der Waals surface area contributed by atoms with Crippen LogP contribution < -0.4 is 21.8 Å². The van der Waals surface area contributed by atoms with Gasteiger partial charge in [-0.25, -0.2) is 9.78 Å². The number of nitrogens with zero attached hydrogens (tertiary/aromatic N) is 3. The lowest BCUT2D eigenvalue weighted by Crippen LogP contribution is -2.26. The largest absolute Gasteiger partial charge is 0.439 e. The number of fused-ring (bicyclic) bond motifs is 1. The molecule has 2 aromatic carbocycles. The third kappa shape index (κ3) is 5.46. The van der Waals surface area contributed by atoms with Crippen molar-refractivity contribution in [2.75, 3.05) is 10.7 Å². The zero-order valence-corrected chi connectivity index (χ0v) is 19.6. The number of rotatable bonds is 7. The van der Waals surface area contributed by atoms with Gasteiger partial charge in [0, 0.05) is 29.5 Å². The number of hydrogen-bond acceptors (Lipinski definition) is 7. The number of hydrogen-bond donors (Lipinski definition) is 3. The molecule has 8 nitrogen and oxygen atoms in total. The van der Waals surface area contributed by atoms with Crippen LogP contribution in [0.1, 0.15) is 43.5 Å². The van der Waals surface area contributed by atoms with E-state index < -0.39 is 17.5 Å². The van der Waals surface area contributed by atoms with E-state index in [1.54, 1.807) is 44.2 Å². The zero-order chi connectivity index (χ0) is 25.3. The summed E-state index contributed by atoms with van der Waals surface area (Å²) >= 11 is 0. The summed E-state index contributed by atoms with van der Waals surface area (Å²) in [5, 5.41) is 6.08. The quantitative estimate of drug-likeness (QED) is 0.322. The Morgan fingerprint density at radius 3 is 2.54 bits per heavy atom. The van der Waals surface area contributed by atoms with Crippen LogP contribution in [0.4, 0.5) is 30.6 Å². The second kappa shape index (κ2) is 9.41. The van der Waals surface area contributed by atoms with Crippen molar-refractivity contribution in [1.29, 1.82) is 0 Å². The van der Waals surface area contributed by atoms with Gasteiger partial charge < -0.3 is 15.1 Å². The Morgan fingerprint density at radius 1 is 1.09 bits per heavy atom. The van der Waals surface area contributed by atoms with Crippen LogP contribution in [-0.4, -0.2) is 20.7 Å². The second-order valence-corrected chi connectivity index (χ2v) is 8.52. The summed E-state index contributed by atoms with van der Waals surface area (Å²) in [6.07, 6.45) is -3.02. The van der Waals surface area contributed by atoms with Crippen molar-refractivity contribution in [3.63, 3.8) is 0 Å². The van der Waals surface area contributed by atoms with Crippen LogP contribution >= 0.6 is 0 Å². The van der Waals surface area contributed by atoms with Gasteiger partial charge in [0.15, 0.2) is 11.4 Å². The van der Waals surface area contributed by atoms with Gasteiger partial charge >= 0.3 is 11.9 Å². The molecule has 0 fully saturated rings. The first-order valence-electron chi connectivity index (χ1n) is 11.0. The molecule has 0 radical (unpaired) electrons. The molecular formula is C24H25F3N6O2. The summed E-state index contributed by atoms with van der Waals surface area (Å²) < 4.78 is 47.2. The Bertz CT molecular complexity index is 1410. The molecule has 11 heteroatoms. The van der Waals surface area contributed by atoms with Crippen LogP contribution in [0.5, 0.6) is 0 Å². The predicted octanol–water partition coefficient (Wildman–Crippen LogP) is 5.39. The second-order valence-electron chi connectivity index (χ2n) is 8.52. The first-order chi connectivity index (χ1) is 16.5. The van der Waals surface area contributed by atoms with Gasteiger partial charge in [-0.3, -0.25) is 5.43 Å². The van der Waals surface area contributed by atoms with Crippen LogP contribution in [0.25, 0.3) is 11.1 Å². The number of para-hydroxylation sites is 2. The Hall–Kier alpha value is -3.86. The minimum absolute atomic E-state index is 0.0636. The topological polar surface area (TPSA) is 97.0 Å². The maximum atomic E-state index is 13.6. The van der Waals surface area contributed by atoms with E-state index in [9.17, 15) is 18.0 Å². The highest BCUT2D eigenvalue weighted by atomic mass is 19.4. The molecule has 2 aromatic heterocycles. The lowest BCUT2D eigenvalue weighted by molar-refractivity contribution is -0.137. The molecular weight excluding hydrogens is 461 g/mol. The van der Waals surface area contributed by atoms with E-state index in [1.165, 1.54) is 10.9 Å². The molecule has 2 heterocycles. The molecule has 1 unspecified atom stereocenters. The molecule has 0 spiro atoms. The van der Waals surface area contributed by atoms with Crippen molar-refractivity contribution in [3.8, 4) is 0 Å². The maximum absolute atomic E-state index is 13.6. The molecule has 4 aromatic rings. The molecule has 0 saturated carbocycles. The van der Waals surface area contributed by atoms with Crippen LogP contribution in [0, 0.1) is 6.92 Å². The Labute approximate surface area is 199 Å². The summed E-state index contributed by atoms with van der Waals surface area (Å²) in [6.45, 7) is 7.39. The van der Waals surface area contributed by atoms with Gasteiger partial charge in [0.25, 0.3) is 0 Å². The number of nitrogens with one attached hydrogen (secondary N) is 3. The molecule has 4 rings (SSSR count). The van der Waals surface area contributed by atoms with E-state index >= 15 is 0 Å². The number of oxazole rings is 1. The van der Waals surface area contributed by atoms with Gasteiger partial charge in [-0.2, -0.15) is 22.8 Å². The van der Waals surface area contributed by atoms with Gasteiger partial charge in [0.2, 0.25) is 5.95 Å². The summed E-state index contributed by atoms with van der Waals surface area (Å²) in [5.41, 5.74) is 4.31. The molecule has 0 saturated heterocycles. The van der Waals surface area contributed by atoms with E-state index in [-0.39, 0.29) is 29.5 Å². The normalized spacial score (nSPS) is 12.8. The molecule has 0 aliphatic carbocycles.